The van der Waals surface area contributed by atoms with Crippen LogP contribution in [0.5, 0.6) is 11.5 Å². The van der Waals surface area contributed by atoms with Gasteiger partial charge >= 0.3 is 0 Å². The van der Waals surface area contributed by atoms with E-state index in [2.05, 4.69) is 5.32 Å². The lowest BCUT2D eigenvalue weighted by atomic mass is 10.1. The number of hydrogen-bond acceptors (Lipinski definition) is 6. The molecule has 0 fully saturated rings. The Morgan fingerprint density at radius 1 is 1.06 bits per heavy atom. The summed E-state index contributed by atoms with van der Waals surface area (Å²) in [5, 5.41) is 3.42. The van der Waals surface area contributed by atoms with E-state index in [0.717, 1.165) is 22.5 Å². The summed E-state index contributed by atoms with van der Waals surface area (Å²) >= 11 is 6.00. The van der Waals surface area contributed by atoms with Crippen LogP contribution in [0, 0.1) is 0 Å². The maximum atomic E-state index is 13.6. The van der Waals surface area contributed by atoms with Crippen molar-refractivity contribution in [3.63, 3.8) is 0 Å². The van der Waals surface area contributed by atoms with Gasteiger partial charge in [0.05, 0.1) is 26.2 Å². The van der Waals surface area contributed by atoms with E-state index >= 15 is 0 Å². The zero-order valence-corrected chi connectivity index (χ0v) is 23.0. The highest BCUT2D eigenvalue weighted by atomic mass is 35.5. The van der Waals surface area contributed by atoms with Crippen molar-refractivity contribution in [2.45, 2.75) is 45.8 Å². The maximum absolute atomic E-state index is 13.6. The normalized spacial score (nSPS) is 12.9. The Bertz CT molecular complexity index is 1160. The number of carbonyl (C=O) groups excluding carboxylic acids is 2. The summed E-state index contributed by atoms with van der Waals surface area (Å²) in [7, 11) is -1.06. The number of sulfonamides is 1. The number of halogens is 1. The molecule has 0 aliphatic carbocycles. The predicted octanol–water partition coefficient (Wildman–Crippen LogP) is 3.46. The molecule has 0 radical (unpaired) electrons. The van der Waals surface area contributed by atoms with Gasteiger partial charge in [0.2, 0.25) is 21.8 Å². The molecule has 2 atom stereocenters. The van der Waals surface area contributed by atoms with E-state index < -0.39 is 28.5 Å². The number of methoxy groups -OCH3 is 2. The molecule has 2 amide bonds. The third-order valence-corrected chi connectivity index (χ3v) is 7.15. The molecule has 36 heavy (non-hydrogen) atoms. The molecule has 1 N–H and O–H groups in total. The van der Waals surface area contributed by atoms with Crippen molar-refractivity contribution < 1.29 is 27.5 Å². The van der Waals surface area contributed by atoms with Gasteiger partial charge in [-0.3, -0.25) is 13.9 Å². The number of amides is 2. The van der Waals surface area contributed by atoms with Crippen LogP contribution in [-0.2, 0) is 26.2 Å². The van der Waals surface area contributed by atoms with Crippen molar-refractivity contribution in [3.8, 4) is 11.5 Å². The monoisotopic (exact) mass is 539 g/mol. The van der Waals surface area contributed by atoms with Gasteiger partial charge in [0.25, 0.3) is 0 Å². The van der Waals surface area contributed by atoms with Crippen LogP contribution in [0.25, 0.3) is 0 Å². The van der Waals surface area contributed by atoms with Crippen LogP contribution >= 0.6 is 11.6 Å². The molecule has 0 unspecified atom stereocenters. The molecule has 0 bridgehead atoms. The highest BCUT2D eigenvalue weighted by molar-refractivity contribution is 7.92. The Kier molecular flexibility index (Phi) is 10.4. The summed E-state index contributed by atoms with van der Waals surface area (Å²) in [6, 6.07) is 10.6. The van der Waals surface area contributed by atoms with Gasteiger partial charge in [0, 0.05) is 23.7 Å². The van der Waals surface area contributed by atoms with Crippen LogP contribution < -0.4 is 19.1 Å². The Hall–Kier alpha value is -2.98. The van der Waals surface area contributed by atoms with Crippen LogP contribution in [0.2, 0.25) is 5.02 Å². The molecule has 0 saturated carbocycles. The fourth-order valence-electron chi connectivity index (χ4n) is 3.42. The SMILES string of the molecule is CC[C@@H](C)NC(=O)[C@H](C)N(Cc1ccc(Cl)cc1)C(=O)CN(c1cc(OC)ccc1OC)S(C)(=O)=O. The smallest absolute Gasteiger partial charge is 0.244 e. The third-order valence-electron chi connectivity index (χ3n) is 5.77. The fraction of sp³-hybridized carbons (Fsp3) is 0.440. The van der Waals surface area contributed by atoms with E-state index in [0.29, 0.717) is 10.8 Å². The van der Waals surface area contributed by atoms with Crippen molar-refractivity contribution in [1.82, 2.24) is 10.2 Å². The third kappa shape index (κ3) is 7.76. The van der Waals surface area contributed by atoms with Crippen molar-refractivity contribution >= 4 is 39.1 Å². The van der Waals surface area contributed by atoms with E-state index in [1.807, 2.05) is 13.8 Å². The molecule has 198 valence electrons. The van der Waals surface area contributed by atoms with Gasteiger partial charge in [-0.05, 0) is 50.1 Å². The maximum Gasteiger partial charge on any atom is 0.244 e. The Morgan fingerprint density at radius 3 is 2.22 bits per heavy atom. The predicted molar refractivity (Wildman–Crippen MR) is 141 cm³/mol. The lowest BCUT2D eigenvalue weighted by Crippen LogP contribution is -2.52. The number of carbonyl (C=O) groups is 2. The number of hydrogen-bond donors (Lipinski definition) is 1. The van der Waals surface area contributed by atoms with Crippen LogP contribution in [-0.4, -0.2) is 64.2 Å². The number of nitrogens with zero attached hydrogens (tertiary/aromatic N) is 2. The first-order valence-electron chi connectivity index (χ1n) is 11.4. The van der Waals surface area contributed by atoms with Gasteiger partial charge in [0.1, 0.15) is 24.1 Å². The lowest BCUT2D eigenvalue weighted by Gasteiger charge is -2.32. The Balaban J connectivity index is 2.47. The number of nitrogens with one attached hydrogen (secondary N) is 1. The summed E-state index contributed by atoms with van der Waals surface area (Å²) in [4.78, 5) is 27.9. The van der Waals surface area contributed by atoms with Crippen LogP contribution in [0.15, 0.2) is 42.5 Å². The van der Waals surface area contributed by atoms with Crippen molar-refractivity contribution in [2.24, 2.45) is 0 Å². The average Bonchev–Trinajstić information content (AvgIpc) is 2.85. The molecule has 0 aliphatic heterocycles. The van der Waals surface area contributed by atoms with Gasteiger partial charge < -0.3 is 19.7 Å². The average molecular weight is 540 g/mol. The van der Waals surface area contributed by atoms with Gasteiger partial charge in [-0.25, -0.2) is 8.42 Å². The van der Waals surface area contributed by atoms with Crippen molar-refractivity contribution in [1.29, 1.82) is 0 Å². The molecule has 2 aromatic carbocycles. The molecule has 11 heteroatoms. The summed E-state index contributed by atoms with van der Waals surface area (Å²) in [5.74, 6) is -0.254. The number of benzene rings is 2. The van der Waals surface area contributed by atoms with E-state index in [-0.39, 0.29) is 29.9 Å². The summed E-state index contributed by atoms with van der Waals surface area (Å²) in [6.07, 6.45) is 1.73. The van der Waals surface area contributed by atoms with E-state index in [1.165, 1.54) is 25.2 Å². The van der Waals surface area contributed by atoms with Gasteiger partial charge in [-0.2, -0.15) is 0 Å². The largest absolute Gasteiger partial charge is 0.497 e. The topological polar surface area (TPSA) is 105 Å². The van der Waals surface area contributed by atoms with Crippen LogP contribution in [0.3, 0.4) is 0 Å². The molecule has 0 saturated heterocycles. The van der Waals surface area contributed by atoms with Crippen LogP contribution in [0.4, 0.5) is 5.69 Å². The van der Waals surface area contributed by atoms with Gasteiger partial charge in [0.15, 0.2) is 0 Å². The second-order valence-electron chi connectivity index (χ2n) is 8.45. The molecule has 2 rings (SSSR count). The lowest BCUT2D eigenvalue weighted by molar-refractivity contribution is -0.139. The molecule has 0 heterocycles. The minimum absolute atomic E-state index is 0.0813. The zero-order valence-electron chi connectivity index (χ0n) is 21.4. The summed E-state index contributed by atoms with van der Waals surface area (Å²) < 4.78 is 37.2. The Labute approximate surface area is 218 Å². The number of rotatable bonds is 12. The molecule has 0 spiro atoms. The first-order valence-corrected chi connectivity index (χ1v) is 13.7. The zero-order chi connectivity index (χ0) is 27.0. The highest BCUT2D eigenvalue weighted by Gasteiger charge is 2.31. The summed E-state index contributed by atoms with van der Waals surface area (Å²) in [6.45, 7) is 4.96. The van der Waals surface area contributed by atoms with Crippen LogP contribution in [0.1, 0.15) is 32.8 Å². The quantitative estimate of drug-likeness (QED) is 0.443. The molecule has 2 aromatic rings. The molecular weight excluding hydrogens is 506 g/mol. The first-order chi connectivity index (χ1) is 16.9. The molecular formula is C25H34ClN3O6S. The molecule has 0 aliphatic rings. The van der Waals surface area contributed by atoms with E-state index in [1.54, 1.807) is 43.3 Å². The fourth-order valence-corrected chi connectivity index (χ4v) is 4.39. The minimum atomic E-state index is -3.92. The van der Waals surface area contributed by atoms with Crippen molar-refractivity contribution in [3.05, 3.63) is 53.1 Å². The second-order valence-corrected chi connectivity index (χ2v) is 10.8. The van der Waals surface area contributed by atoms with Gasteiger partial charge in [-0.1, -0.05) is 30.7 Å². The molecule has 9 nitrogen and oxygen atoms in total. The molecule has 0 aromatic heterocycles. The van der Waals surface area contributed by atoms with Crippen molar-refractivity contribution in [2.75, 3.05) is 31.3 Å². The Morgan fingerprint density at radius 2 is 1.69 bits per heavy atom. The second kappa shape index (κ2) is 12.8. The summed E-state index contributed by atoms with van der Waals surface area (Å²) in [5.41, 5.74) is 0.886. The standard InChI is InChI=1S/C25H34ClN3O6S/c1-7-17(2)27-25(31)18(3)28(15-19-8-10-20(26)11-9-19)24(30)16-29(36(6,32)33)22-14-21(34-4)12-13-23(22)35-5/h8-14,17-18H,7,15-16H2,1-6H3,(H,27,31)/t17-,18+/m1/s1. The van der Waals surface area contributed by atoms with Gasteiger partial charge in [-0.15, -0.1) is 0 Å². The minimum Gasteiger partial charge on any atom is -0.497 e. The van der Waals surface area contributed by atoms with E-state index in [4.69, 9.17) is 21.1 Å². The highest BCUT2D eigenvalue weighted by Crippen LogP contribution is 2.34. The first kappa shape index (κ1) is 29.3. The van der Waals surface area contributed by atoms with E-state index in [9.17, 15) is 18.0 Å². The number of ether oxygens (including phenoxy) is 2. The number of anilines is 1.